The fourth-order valence-corrected chi connectivity index (χ4v) is 3.00. The molecule has 100 valence electrons. The van der Waals surface area contributed by atoms with Crippen LogP contribution >= 0.6 is 23.2 Å². The minimum absolute atomic E-state index is 0.663. The van der Waals surface area contributed by atoms with Crippen LogP contribution in [0.25, 0.3) is 0 Å². The van der Waals surface area contributed by atoms with Crippen LogP contribution in [0.3, 0.4) is 0 Å². The van der Waals surface area contributed by atoms with E-state index in [1.54, 1.807) is 0 Å². The van der Waals surface area contributed by atoms with Crippen molar-refractivity contribution >= 4 is 23.2 Å². The van der Waals surface area contributed by atoms with Crippen LogP contribution in [0.2, 0.25) is 10.0 Å². The van der Waals surface area contributed by atoms with Crippen molar-refractivity contribution in [3.05, 3.63) is 33.8 Å². The highest BCUT2D eigenvalue weighted by atomic mass is 35.5. The van der Waals surface area contributed by atoms with E-state index in [0.717, 1.165) is 31.1 Å². The number of likely N-dealkylation sites (tertiary alicyclic amines) is 1. The first kappa shape index (κ1) is 14.1. The van der Waals surface area contributed by atoms with Gasteiger partial charge in [-0.1, -0.05) is 36.2 Å². The highest BCUT2D eigenvalue weighted by molar-refractivity contribution is 6.35. The average molecular weight is 287 g/mol. The second kappa shape index (κ2) is 6.76. The van der Waals surface area contributed by atoms with Crippen LogP contribution in [0.1, 0.15) is 18.9 Å². The summed E-state index contributed by atoms with van der Waals surface area (Å²) < 4.78 is 0. The molecule has 1 fully saturated rings. The van der Waals surface area contributed by atoms with E-state index in [9.17, 15) is 0 Å². The van der Waals surface area contributed by atoms with Crippen LogP contribution in [0.4, 0.5) is 0 Å². The first-order valence-corrected chi connectivity index (χ1v) is 7.34. The van der Waals surface area contributed by atoms with Crippen molar-refractivity contribution in [3.8, 4) is 0 Å². The van der Waals surface area contributed by atoms with Crippen LogP contribution in [0.5, 0.6) is 0 Å². The Labute approximate surface area is 119 Å². The van der Waals surface area contributed by atoms with Crippen molar-refractivity contribution in [2.75, 3.05) is 26.2 Å². The number of hydrogen-bond acceptors (Lipinski definition) is 2. The summed E-state index contributed by atoms with van der Waals surface area (Å²) in [7, 11) is 0. The third kappa shape index (κ3) is 3.86. The molecule has 18 heavy (non-hydrogen) atoms. The molecule has 0 amide bonds. The van der Waals surface area contributed by atoms with Crippen molar-refractivity contribution in [3.63, 3.8) is 0 Å². The summed E-state index contributed by atoms with van der Waals surface area (Å²) in [6.07, 6.45) is 2.25. The predicted octanol–water partition coefficient (Wildman–Crippen LogP) is 3.22. The van der Waals surface area contributed by atoms with Crippen molar-refractivity contribution in [1.82, 2.24) is 10.2 Å². The van der Waals surface area contributed by atoms with Crippen LogP contribution in [0.15, 0.2) is 18.2 Å². The van der Waals surface area contributed by atoms with Gasteiger partial charge in [0.25, 0.3) is 0 Å². The molecule has 0 bridgehead atoms. The molecule has 1 N–H and O–H groups in total. The maximum Gasteiger partial charge on any atom is 0.0453 e. The monoisotopic (exact) mass is 286 g/mol. The van der Waals surface area contributed by atoms with E-state index in [1.165, 1.54) is 18.5 Å². The fraction of sp³-hybridized carbons (Fsp3) is 0.571. The van der Waals surface area contributed by atoms with Crippen molar-refractivity contribution in [2.24, 2.45) is 0 Å². The second-order valence-electron chi connectivity index (χ2n) is 4.83. The van der Waals surface area contributed by atoms with Gasteiger partial charge >= 0.3 is 0 Å². The predicted molar refractivity (Wildman–Crippen MR) is 78.7 cm³/mol. The first-order valence-electron chi connectivity index (χ1n) is 6.58. The lowest BCUT2D eigenvalue weighted by Crippen LogP contribution is -2.32. The van der Waals surface area contributed by atoms with Gasteiger partial charge in [0.2, 0.25) is 0 Å². The van der Waals surface area contributed by atoms with Crippen molar-refractivity contribution in [2.45, 2.75) is 25.8 Å². The molecular weight excluding hydrogens is 267 g/mol. The highest BCUT2D eigenvalue weighted by Crippen LogP contribution is 2.22. The molecule has 1 aliphatic rings. The zero-order valence-corrected chi connectivity index (χ0v) is 12.3. The third-order valence-electron chi connectivity index (χ3n) is 3.48. The normalized spacial score (nSPS) is 20.5. The Bertz CT molecular complexity index is 395. The molecule has 1 unspecified atom stereocenters. The Morgan fingerprint density at radius 1 is 1.39 bits per heavy atom. The number of halogens is 2. The summed E-state index contributed by atoms with van der Waals surface area (Å²) in [6, 6.07) is 6.43. The Morgan fingerprint density at radius 3 is 2.94 bits per heavy atom. The molecule has 0 radical (unpaired) electrons. The molecule has 1 heterocycles. The van der Waals surface area contributed by atoms with Gasteiger partial charge in [-0.2, -0.15) is 0 Å². The van der Waals surface area contributed by atoms with Crippen molar-refractivity contribution in [1.29, 1.82) is 0 Å². The molecule has 1 aromatic carbocycles. The molecule has 0 aromatic heterocycles. The zero-order valence-electron chi connectivity index (χ0n) is 10.8. The molecule has 0 aliphatic carbocycles. The number of nitrogens with one attached hydrogen (secondary N) is 1. The summed E-state index contributed by atoms with van der Waals surface area (Å²) >= 11 is 12.1. The van der Waals surface area contributed by atoms with Crippen molar-refractivity contribution < 1.29 is 0 Å². The standard InChI is InChI=1S/C14H20Cl2N2/c1-2-17-13-6-8-18(10-13)7-5-11-3-4-12(15)9-14(11)16/h3-4,9,13,17H,2,5-8,10H2,1H3. The van der Waals surface area contributed by atoms with E-state index < -0.39 is 0 Å². The summed E-state index contributed by atoms with van der Waals surface area (Å²) in [5.74, 6) is 0. The lowest BCUT2D eigenvalue weighted by Gasteiger charge is -2.16. The fourth-order valence-electron chi connectivity index (χ4n) is 2.49. The average Bonchev–Trinajstić information content (AvgIpc) is 2.76. The van der Waals surface area contributed by atoms with E-state index in [4.69, 9.17) is 23.2 Å². The third-order valence-corrected chi connectivity index (χ3v) is 4.06. The number of benzene rings is 1. The molecule has 2 rings (SSSR count). The summed E-state index contributed by atoms with van der Waals surface area (Å²) in [6.45, 7) is 6.63. The molecule has 1 saturated heterocycles. The molecule has 0 saturated carbocycles. The summed E-state index contributed by atoms with van der Waals surface area (Å²) in [5.41, 5.74) is 1.19. The maximum absolute atomic E-state index is 6.18. The summed E-state index contributed by atoms with van der Waals surface area (Å²) in [4.78, 5) is 2.50. The molecule has 2 nitrogen and oxygen atoms in total. The molecule has 1 aromatic rings. The van der Waals surface area contributed by atoms with Gasteiger partial charge in [-0.05, 0) is 43.6 Å². The largest absolute Gasteiger partial charge is 0.313 e. The van der Waals surface area contributed by atoms with E-state index in [0.29, 0.717) is 11.1 Å². The Hall–Kier alpha value is -0.280. The van der Waals surface area contributed by atoms with Gasteiger partial charge in [-0.3, -0.25) is 0 Å². The van der Waals surface area contributed by atoms with E-state index in [1.807, 2.05) is 18.2 Å². The van der Waals surface area contributed by atoms with Crippen LogP contribution in [-0.4, -0.2) is 37.1 Å². The highest BCUT2D eigenvalue weighted by Gasteiger charge is 2.20. The number of nitrogens with zero attached hydrogens (tertiary/aromatic N) is 1. The lowest BCUT2D eigenvalue weighted by molar-refractivity contribution is 0.332. The van der Waals surface area contributed by atoms with Gasteiger partial charge in [-0.25, -0.2) is 0 Å². The number of hydrogen-bond donors (Lipinski definition) is 1. The maximum atomic E-state index is 6.18. The molecule has 1 aliphatic heterocycles. The van der Waals surface area contributed by atoms with Crippen LogP contribution in [0, 0.1) is 0 Å². The van der Waals surface area contributed by atoms with Gasteiger partial charge in [0, 0.05) is 29.2 Å². The SMILES string of the molecule is CCNC1CCN(CCc2ccc(Cl)cc2Cl)C1. The topological polar surface area (TPSA) is 15.3 Å². The minimum atomic E-state index is 0.663. The minimum Gasteiger partial charge on any atom is -0.313 e. The van der Waals surface area contributed by atoms with E-state index >= 15 is 0 Å². The smallest absolute Gasteiger partial charge is 0.0453 e. The number of rotatable bonds is 5. The second-order valence-corrected chi connectivity index (χ2v) is 5.67. The quantitative estimate of drug-likeness (QED) is 0.894. The zero-order chi connectivity index (χ0) is 13.0. The van der Waals surface area contributed by atoms with Gasteiger partial charge < -0.3 is 10.2 Å². The van der Waals surface area contributed by atoms with Gasteiger partial charge in [-0.15, -0.1) is 0 Å². The molecular formula is C14H20Cl2N2. The Morgan fingerprint density at radius 2 is 2.22 bits per heavy atom. The first-order chi connectivity index (χ1) is 8.69. The Balaban J connectivity index is 1.81. The van der Waals surface area contributed by atoms with Gasteiger partial charge in [0.05, 0.1) is 0 Å². The van der Waals surface area contributed by atoms with Crippen LogP contribution < -0.4 is 5.32 Å². The molecule has 1 atom stereocenters. The van der Waals surface area contributed by atoms with Gasteiger partial charge in [0.15, 0.2) is 0 Å². The Kier molecular flexibility index (Phi) is 5.31. The van der Waals surface area contributed by atoms with E-state index in [2.05, 4.69) is 17.1 Å². The molecule has 0 spiro atoms. The van der Waals surface area contributed by atoms with Gasteiger partial charge in [0.1, 0.15) is 0 Å². The van der Waals surface area contributed by atoms with E-state index in [-0.39, 0.29) is 0 Å². The van der Waals surface area contributed by atoms with Crippen LogP contribution in [-0.2, 0) is 6.42 Å². The lowest BCUT2D eigenvalue weighted by atomic mass is 10.1. The number of likely N-dealkylation sites (N-methyl/N-ethyl adjacent to an activating group) is 1. The molecule has 4 heteroatoms. The summed E-state index contributed by atoms with van der Waals surface area (Å²) in [5, 5.41) is 4.99.